The first-order valence-electron chi connectivity index (χ1n) is 6.62. The number of carbonyl (C=O) groups is 1. The molecule has 1 aromatic rings. The molecular weight excluding hydrogens is 336 g/mol. The molecule has 0 bridgehead atoms. The Hall–Kier alpha value is -0.561. The molecule has 0 saturated heterocycles. The Morgan fingerprint density at radius 2 is 1.32 bits per heavy atom. The van der Waals surface area contributed by atoms with Crippen LogP contribution in [0.25, 0.3) is 5.57 Å². The van der Waals surface area contributed by atoms with Gasteiger partial charge in [0.05, 0.1) is 0 Å². The van der Waals surface area contributed by atoms with Crippen molar-refractivity contribution in [3.8, 4) is 0 Å². The molecular formula is C19H15ClFeO. The van der Waals surface area contributed by atoms with E-state index in [1.807, 2.05) is 88.1 Å². The van der Waals surface area contributed by atoms with Crippen molar-refractivity contribution in [2.75, 3.05) is 0 Å². The summed E-state index contributed by atoms with van der Waals surface area (Å²) < 4.78 is 0. The zero-order valence-electron chi connectivity index (χ0n) is 11.8. The molecule has 3 rings (SSSR count). The molecule has 2 saturated carbocycles. The number of allylic oxidation sites excluding steroid dienone is 2. The minimum atomic E-state index is 0. The summed E-state index contributed by atoms with van der Waals surface area (Å²) in [6.07, 6.45) is 18.4. The number of hydrogen-bond acceptors (Lipinski definition) is 1. The molecule has 1 nitrogen and oxygen atoms in total. The summed E-state index contributed by atoms with van der Waals surface area (Å²) in [4.78, 5) is 11.1. The van der Waals surface area contributed by atoms with Crippen molar-refractivity contribution in [3.63, 3.8) is 0 Å². The van der Waals surface area contributed by atoms with Gasteiger partial charge in [-0.2, -0.15) is 0 Å². The molecule has 1 aromatic carbocycles. The topological polar surface area (TPSA) is 17.1 Å². The van der Waals surface area contributed by atoms with Gasteiger partial charge < -0.3 is 0 Å². The number of rotatable bonds is 3. The van der Waals surface area contributed by atoms with Crippen molar-refractivity contribution in [1.29, 1.82) is 0 Å². The molecule has 3 heteroatoms. The molecule has 2 fully saturated rings. The first kappa shape index (κ1) is 19.5. The van der Waals surface area contributed by atoms with Crippen LogP contribution < -0.4 is 0 Å². The Bertz CT molecular complexity index is 452. The van der Waals surface area contributed by atoms with Crippen molar-refractivity contribution >= 4 is 23.5 Å². The van der Waals surface area contributed by atoms with Gasteiger partial charge in [0.1, 0.15) is 0 Å². The molecule has 0 aromatic heterocycles. The molecule has 0 heterocycles. The summed E-state index contributed by atoms with van der Waals surface area (Å²) in [6.45, 7) is 0. The first-order chi connectivity index (χ1) is 10.3. The SMILES string of the molecule is O=C/C(=C(/Cl)[C]1[CH][CH][CH][CH]1)c1ccccc1.[CH]1[CH][CH][CH][CH]1.[Fe]. The monoisotopic (exact) mass is 350 g/mol. The molecule has 0 unspecified atom stereocenters. The Morgan fingerprint density at radius 3 is 1.77 bits per heavy atom. The van der Waals surface area contributed by atoms with Crippen LogP contribution in [-0.4, -0.2) is 6.29 Å². The molecule has 2 aliphatic carbocycles. The van der Waals surface area contributed by atoms with Crippen LogP contribution in [0.4, 0.5) is 0 Å². The Balaban J connectivity index is 0.000000344. The van der Waals surface area contributed by atoms with Gasteiger partial charge in [0.25, 0.3) is 0 Å². The number of hydrogen-bond donors (Lipinski definition) is 0. The third-order valence-electron chi connectivity index (χ3n) is 2.91. The van der Waals surface area contributed by atoms with Crippen molar-refractivity contribution < 1.29 is 21.9 Å². The third kappa shape index (κ3) is 5.91. The smallest absolute Gasteiger partial charge is 0.151 e. The van der Waals surface area contributed by atoms with Crippen LogP contribution in [0.2, 0.25) is 0 Å². The van der Waals surface area contributed by atoms with Crippen LogP contribution in [0.5, 0.6) is 0 Å². The summed E-state index contributed by atoms with van der Waals surface area (Å²) in [7, 11) is 0. The maximum Gasteiger partial charge on any atom is 0.151 e. The molecule has 0 aliphatic heterocycles. The molecule has 22 heavy (non-hydrogen) atoms. The van der Waals surface area contributed by atoms with Crippen molar-refractivity contribution in [2.45, 2.75) is 0 Å². The molecule has 2 aliphatic rings. The zero-order chi connectivity index (χ0) is 14.9. The maximum atomic E-state index is 11.1. The Morgan fingerprint density at radius 1 is 0.818 bits per heavy atom. The van der Waals surface area contributed by atoms with Crippen LogP contribution in [0.3, 0.4) is 0 Å². The van der Waals surface area contributed by atoms with E-state index in [-0.39, 0.29) is 17.1 Å². The van der Waals surface area contributed by atoms with Crippen LogP contribution in [0.1, 0.15) is 5.56 Å². The van der Waals surface area contributed by atoms with Gasteiger partial charge >= 0.3 is 0 Å². The zero-order valence-corrected chi connectivity index (χ0v) is 13.7. The number of carbonyl (C=O) groups excluding carboxylic acids is 1. The molecule has 0 N–H and O–H groups in total. The van der Waals surface area contributed by atoms with E-state index in [4.69, 9.17) is 11.6 Å². The van der Waals surface area contributed by atoms with Crippen LogP contribution in [0, 0.1) is 63.7 Å². The van der Waals surface area contributed by atoms with Gasteiger partial charge in [-0.15, -0.1) is 0 Å². The average molecular weight is 351 g/mol. The predicted molar refractivity (Wildman–Crippen MR) is 87.2 cm³/mol. The molecule has 10 radical (unpaired) electrons. The fourth-order valence-corrected chi connectivity index (χ4v) is 2.14. The van der Waals surface area contributed by atoms with Gasteiger partial charge in [-0.25, -0.2) is 0 Å². The summed E-state index contributed by atoms with van der Waals surface area (Å²) in [5.74, 6) is 0.868. The number of halogens is 1. The van der Waals surface area contributed by atoms with E-state index in [9.17, 15) is 4.79 Å². The summed E-state index contributed by atoms with van der Waals surface area (Å²) in [5.41, 5.74) is 1.36. The fraction of sp³-hybridized carbons (Fsp3) is 0. The standard InChI is InChI=1S/C14H10ClO.C5H5.Fe/c15-14(12-8-4-5-9-12)13(10-16)11-6-2-1-3-7-11;1-2-4-5-3-1;/h1-10H;1-5H;/b14-13-;;. The van der Waals surface area contributed by atoms with Gasteiger partial charge in [-0.1, -0.05) is 41.9 Å². The Kier molecular flexibility index (Phi) is 9.79. The van der Waals surface area contributed by atoms with Gasteiger partial charge in [0.15, 0.2) is 6.29 Å². The second-order valence-corrected chi connectivity index (χ2v) is 4.73. The minimum absolute atomic E-state index is 0. The van der Waals surface area contributed by atoms with Gasteiger partial charge in [-0.3, -0.25) is 4.79 Å². The van der Waals surface area contributed by atoms with Gasteiger partial charge in [0, 0.05) is 33.6 Å². The van der Waals surface area contributed by atoms with Crippen molar-refractivity contribution in [2.24, 2.45) is 0 Å². The van der Waals surface area contributed by atoms with E-state index in [2.05, 4.69) is 0 Å². The largest absolute Gasteiger partial charge is 0.298 e. The van der Waals surface area contributed by atoms with E-state index in [1.54, 1.807) is 0 Å². The van der Waals surface area contributed by atoms with E-state index in [1.165, 1.54) is 0 Å². The van der Waals surface area contributed by atoms with Gasteiger partial charge in [0.2, 0.25) is 0 Å². The molecule has 0 amide bonds. The average Bonchev–Trinajstić information content (AvgIpc) is 3.25. The van der Waals surface area contributed by atoms with Crippen LogP contribution in [-0.2, 0) is 21.9 Å². The maximum absolute atomic E-state index is 11.1. The summed E-state index contributed by atoms with van der Waals surface area (Å²) >= 11 is 6.20. The van der Waals surface area contributed by atoms with Gasteiger partial charge in [-0.05, 0) is 63.4 Å². The van der Waals surface area contributed by atoms with E-state index < -0.39 is 0 Å². The van der Waals surface area contributed by atoms with Crippen LogP contribution in [0.15, 0.2) is 35.4 Å². The first-order valence-corrected chi connectivity index (χ1v) is 7.00. The van der Waals surface area contributed by atoms with E-state index in [0.29, 0.717) is 10.6 Å². The van der Waals surface area contributed by atoms with E-state index >= 15 is 0 Å². The molecule has 0 atom stereocenters. The predicted octanol–water partition coefficient (Wildman–Crippen LogP) is 4.26. The number of benzene rings is 1. The third-order valence-corrected chi connectivity index (χ3v) is 3.33. The fourth-order valence-electron chi connectivity index (χ4n) is 1.86. The molecule has 112 valence electrons. The quantitative estimate of drug-likeness (QED) is 0.452. The normalized spacial score (nSPS) is 18.8. The summed E-state index contributed by atoms with van der Waals surface area (Å²) in [5, 5.41) is 0.492. The van der Waals surface area contributed by atoms with Crippen LogP contribution >= 0.6 is 11.6 Å². The second kappa shape index (κ2) is 11.0. The van der Waals surface area contributed by atoms with Crippen molar-refractivity contribution in [3.05, 3.63) is 105 Å². The van der Waals surface area contributed by atoms with E-state index in [0.717, 1.165) is 17.8 Å². The van der Waals surface area contributed by atoms with Crippen molar-refractivity contribution in [1.82, 2.24) is 0 Å². The summed E-state index contributed by atoms with van der Waals surface area (Å²) in [6, 6.07) is 9.41. The molecule has 0 spiro atoms. The minimum Gasteiger partial charge on any atom is -0.298 e. The second-order valence-electron chi connectivity index (χ2n) is 4.35. The number of aldehydes is 1. The Labute approximate surface area is 150 Å².